The molecule has 0 bridgehead atoms. The van der Waals surface area contributed by atoms with Crippen LogP contribution in [0, 0.1) is 0 Å². The van der Waals surface area contributed by atoms with E-state index in [4.69, 9.17) is 4.74 Å². The Morgan fingerprint density at radius 3 is 2.59 bits per heavy atom. The Bertz CT molecular complexity index is 726. The van der Waals surface area contributed by atoms with Crippen molar-refractivity contribution in [2.75, 3.05) is 0 Å². The van der Waals surface area contributed by atoms with Crippen molar-refractivity contribution in [1.29, 1.82) is 0 Å². The van der Waals surface area contributed by atoms with E-state index in [1.165, 1.54) is 0 Å². The third kappa shape index (κ3) is 3.45. The molecule has 22 heavy (non-hydrogen) atoms. The Labute approximate surface area is 132 Å². The zero-order valence-electron chi connectivity index (χ0n) is 13.4. The van der Waals surface area contributed by atoms with Crippen LogP contribution in [-0.4, -0.2) is 5.97 Å². The van der Waals surface area contributed by atoms with Crippen molar-refractivity contribution in [1.82, 2.24) is 0 Å². The molecule has 0 aliphatic rings. The Balaban J connectivity index is 2.44. The van der Waals surface area contributed by atoms with Gasteiger partial charge in [-0.2, -0.15) is 0 Å². The van der Waals surface area contributed by atoms with Crippen LogP contribution < -0.4 is 0 Å². The minimum atomic E-state index is -0.237. The highest BCUT2D eigenvalue weighted by Crippen LogP contribution is 2.26. The molecule has 0 aliphatic heterocycles. The normalized spacial score (nSPS) is 12.5. The van der Waals surface area contributed by atoms with Crippen LogP contribution in [0.3, 0.4) is 0 Å². The molecule has 0 aromatic heterocycles. The smallest absolute Gasteiger partial charge is 0.306 e. The Hall–Kier alpha value is -2.35. The van der Waals surface area contributed by atoms with E-state index >= 15 is 0 Å². The van der Waals surface area contributed by atoms with Gasteiger partial charge in [-0.25, -0.2) is 0 Å². The van der Waals surface area contributed by atoms with Crippen molar-refractivity contribution in [3.8, 4) is 0 Å². The van der Waals surface area contributed by atoms with E-state index in [1.54, 1.807) is 6.92 Å². The molecule has 0 saturated carbocycles. The van der Waals surface area contributed by atoms with Crippen LogP contribution in [0.25, 0.3) is 22.9 Å². The summed E-state index contributed by atoms with van der Waals surface area (Å²) in [6.07, 6.45) is 6.12. The maximum atomic E-state index is 11.4. The van der Waals surface area contributed by atoms with Crippen molar-refractivity contribution in [2.24, 2.45) is 0 Å². The SMILES string of the molecule is C=Cc1cc2cc(C(C)OC(=O)CC)ccc2cc1/C=C\C. The van der Waals surface area contributed by atoms with Gasteiger partial charge in [-0.1, -0.05) is 43.9 Å². The van der Waals surface area contributed by atoms with Gasteiger partial charge in [-0.15, -0.1) is 0 Å². The van der Waals surface area contributed by atoms with Crippen LogP contribution in [0.2, 0.25) is 0 Å². The second-order valence-corrected chi connectivity index (χ2v) is 5.28. The minimum absolute atomic E-state index is 0.178. The molecule has 0 N–H and O–H groups in total. The maximum Gasteiger partial charge on any atom is 0.306 e. The molecule has 1 unspecified atom stereocenters. The largest absolute Gasteiger partial charge is 0.458 e. The summed E-state index contributed by atoms with van der Waals surface area (Å²) >= 11 is 0. The molecule has 0 aliphatic carbocycles. The van der Waals surface area contributed by atoms with E-state index in [-0.39, 0.29) is 12.1 Å². The van der Waals surface area contributed by atoms with Crippen molar-refractivity contribution >= 4 is 28.9 Å². The lowest BCUT2D eigenvalue weighted by atomic mass is 9.98. The monoisotopic (exact) mass is 294 g/mol. The average molecular weight is 294 g/mol. The van der Waals surface area contributed by atoms with Gasteiger partial charge in [-0.05, 0) is 59.5 Å². The highest BCUT2D eigenvalue weighted by atomic mass is 16.5. The summed E-state index contributed by atoms with van der Waals surface area (Å²) in [5, 5.41) is 2.29. The topological polar surface area (TPSA) is 26.3 Å². The maximum absolute atomic E-state index is 11.4. The minimum Gasteiger partial charge on any atom is -0.458 e. The third-order valence-electron chi connectivity index (χ3n) is 3.70. The molecule has 2 heteroatoms. The Kier molecular flexibility index (Phi) is 5.16. The van der Waals surface area contributed by atoms with Crippen molar-refractivity contribution in [2.45, 2.75) is 33.3 Å². The molecule has 0 fully saturated rings. The molecular formula is C20H22O2. The van der Waals surface area contributed by atoms with E-state index in [2.05, 4.69) is 36.9 Å². The first-order chi connectivity index (χ1) is 10.6. The van der Waals surface area contributed by atoms with Gasteiger partial charge in [-0.3, -0.25) is 4.79 Å². The first-order valence-corrected chi connectivity index (χ1v) is 7.61. The fourth-order valence-electron chi connectivity index (χ4n) is 2.45. The van der Waals surface area contributed by atoms with Crippen molar-refractivity contribution in [3.05, 3.63) is 59.7 Å². The predicted molar refractivity (Wildman–Crippen MR) is 93.5 cm³/mol. The summed E-state index contributed by atoms with van der Waals surface area (Å²) in [4.78, 5) is 11.4. The molecule has 0 amide bonds. The fourth-order valence-corrected chi connectivity index (χ4v) is 2.45. The fraction of sp³-hybridized carbons (Fsp3) is 0.250. The van der Waals surface area contributed by atoms with Gasteiger partial charge >= 0.3 is 5.97 Å². The van der Waals surface area contributed by atoms with E-state index in [0.29, 0.717) is 6.42 Å². The van der Waals surface area contributed by atoms with Crippen molar-refractivity contribution < 1.29 is 9.53 Å². The molecule has 0 radical (unpaired) electrons. The Morgan fingerprint density at radius 1 is 1.23 bits per heavy atom. The molecular weight excluding hydrogens is 272 g/mol. The molecule has 2 nitrogen and oxygen atoms in total. The molecule has 2 aromatic carbocycles. The van der Waals surface area contributed by atoms with E-state index in [0.717, 1.165) is 27.5 Å². The molecule has 0 spiro atoms. The number of hydrogen-bond donors (Lipinski definition) is 0. The number of allylic oxidation sites excluding steroid dienone is 1. The zero-order chi connectivity index (χ0) is 16.1. The van der Waals surface area contributed by atoms with Gasteiger partial charge in [0, 0.05) is 6.42 Å². The number of ether oxygens (including phenoxy) is 1. The summed E-state index contributed by atoms with van der Waals surface area (Å²) in [5.41, 5.74) is 3.26. The van der Waals surface area contributed by atoms with Crippen LogP contribution in [0.4, 0.5) is 0 Å². The lowest BCUT2D eigenvalue weighted by Crippen LogP contribution is -2.07. The van der Waals surface area contributed by atoms with Gasteiger partial charge < -0.3 is 4.74 Å². The Morgan fingerprint density at radius 2 is 1.95 bits per heavy atom. The lowest BCUT2D eigenvalue weighted by Gasteiger charge is -2.14. The van der Waals surface area contributed by atoms with Crippen LogP contribution in [0.5, 0.6) is 0 Å². The predicted octanol–water partition coefficient (Wildman–Crippen LogP) is 5.53. The molecule has 0 heterocycles. The van der Waals surface area contributed by atoms with Crippen LogP contribution in [0.15, 0.2) is 43.0 Å². The molecule has 2 aromatic rings. The summed E-state index contributed by atoms with van der Waals surface area (Å²) in [6.45, 7) is 9.59. The lowest BCUT2D eigenvalue weighted by molar-refractivity contribution is -0.148. The van der Waals surface area contributed by atoms with Gasteiger partial charge in [0.25, 0.3) is 0 Å². The van der Waals surface area contributed by atoms with Gasteiger partial charge in [0.05, 0.1) is 0 Å². The number of carbonyl (C=O) groups excluding carboxylic acids is 1. The second kappa shape index (κ2) is 7.08. The molecule has 1 atom stereocenters. The summed E-state index contributed by atoms with van der Waals surface area (Å²) < 4.78 is 5.38. The van der Waals surface area contributed by atoms with Gasteiger partial charge in [0.15, 0.2) is 0 Å². The average Bonchev–Trinajstić information content (AvgIpc) is 2.53. The number of esters is 1. The standard InChI is InChI=1S/C20H22O2/c1-5-8-17-13-18-10-9-16(14(4)22-20(21)7-3)12-19(18)11-15(17)6-2/h5-6,8-14H,2,7H2,1,3-4H3/b8-5-. The van der Waals surface area contributed by atoms with Crippen LogP contribution in [-0.2, 0) is 9.53 Å². The number of fused-ring (bicyclic) bond motifs is 1. The van der Waals surface area contributed by atoms with Crippen molar-refractivity contribution in [3.63, 3.8) is 0 Å². The highest BCUT2D eigenvalue weighted by molar-refractivity contribution is 5.89. The van der Waals surface area contributed by atoms with E-state index in [9.17, 15) is 4.79 Å². The summed E-state index contributed by atoms with van der Waals surface area (Å²) in [6, 6.07) is 10.4. The van der Waals surface area contributed by atoms with Gasteiger partial charge in [0.1, 0.15) is 6.10 Å². The number of benzene rings is 2. The number of hydrogen-bond acceptors (Lipinski definition) is 2. The number of carbonyl (C=O) groups is 1. The van der Waals surface area contributed by atoms with Crippen LogP contribution in [0.1, 0.15) is 50.0 Å². The number of rotatable bonds is 5. The highest BCUT2D eigenvalue weighted by Gasteiger charge is 2.11. The first-order valence-electron chi connectivity index (χ1n) is 7.61. The van der Waals surface area contributed by atoms with Crippen LogP contribution >= 0.6 is 0 Å². The molecule has 114 valence electrons. The summed E-state index contributed by atoms with van der Waals surface area (Å²) in [7, 11) is 0. The third-order valence-corrected chi connectivity index (χ3v) is 3.70. The second-order valence-electron chi connectivity index (χ2n) is 5.28. The molecule has 0 saturated heterocycles. The van der Waals surface area contributed by atoms with E-state index < -0.39 is 0 Å². The summed E-state index contributed by atoms with van der Waals surface area (Å²) in [5.74, 6) is -0.178. The zero-order valence-corrected chi connectivity index (χ0v) is 13.4. The molecule has 2 rings (SSSR count). The first kappa shape index (κ1) is 16.0. The van der Waals surface area contributed by atoms with Gasteiger partial charge in [0.2, 0.25) is 0 Å². The van der Waals surface area contributed by atoms with E-state index in [1.807, 2.05) is 32.1 Å². The quantitative estimate of drug-likeness (QED) is 0.678.